The first-order valence-electron chi connectivity index (χ1n) is 6.48. The molecule has 0 radical (unpaired) electrons. The molecule has 0 spiro atoms. The maximum atomic E-state index is 13.0. The standard InChI is InChI=1S/C11H17F7O3S.Na/c12-9(13,11(17,18)22(19,20)21)7-5-3-1-2-4-6-8-10(14,15)16;/h1-8H2,(H,19,20,21);/q;+1/p-1. The van der Waals surface area contributed by atoms with Crippen LogP contribution in [0.4, 0.5) is 30.7 Å². The molecule has 0 saturated carbocycles. The fourth-order valence-electron chi connectivity index (χ4n) is 1.71. The molecule has 0 N–H and O–H groups in total. The topological polar surface area (TPSA) is 57.2 Å². The second-order valence-corrected chi connectivity index (χ2v) is 6.33. The van der Waals surface area contributed by atoms with Gasteiger partial charge in [0.2, 0.25) is 0 Å². The van der Waals surface area contributed by atoms with Crippen molar-refractivity contribution in [2.75, 3.05) is 0 Å². The molecule has 0 aromatic heterocycles. The molecule has 0 amide bonds. The molecule has 0 heterocycles. The van der Waals surface area contributed by atoms with E-state index in [9.17, 15) is 43.7 Å². The summed E-state index contributed by atoms with van der Waals surface area (Å²) in [5.41, 5.74) is 0. The van der Waals surface area contributed by atoms with Gasteiger partial charge in [-0.05, 0) is 12.8 Å². The van der Waals surface area contributed by atoms with Crippen molar-refractivity contribution in [3.63, 3.8) is 0 Å². The van der Waals surface area contributed by atoms with Crippen molar-refractivity contribution in [2.45, 2.75) is 68.7 Å². The summed E-state index contributed by atoms with van der Waals surface area (Å²) in [5.74, 6) is -4.97. The van der Waals surface area contributed by atoms with Crippen LogP contribution < -0.4 is 29.6 Å². The van der Waals surface area contributed by atoms with E-state index in [2.05, 4.69) is 0 Å². The van der Waals surface area contributed by atoms with Crippen LogP contribution in [-0.4, -0.2) is 30.3 Å². The fraction of sp³-hybridized carbons (Fsp3) is 1.00. The van der Waals surface area contributed by atoms with Crippen molar-refractivity contribution >= 4 is 10.1 Å². The van der Waals surface area contributed by atoms with Crippen LogP contribution in [0.2, 0.25) is 0 Å². The van der Waals surface area contributed by atoms with Gasteiger partial charge in [-0.1, -0.05) is 25.7 Å². The summed E-state index contributed by atoms with van der Waals surface area (Å²) in [6.07, 6.45) is -6.43. The zero-order chi connectivity index (χ0) is 17.7. The molecule has 0 saturated heterocycles. The molecular weight excluding hydrogens is 368 g/mol. The largest absolute Gasteiger partial charge is 1.00 e. The Morgan fingerprint density at radius 2 is 1.04 bits per heavy atom. The van der Waals surface area contributed by atoms with Crippen LogP contribution in [-0.2, 0) is 10.1 Å². The Balaban J connectivity index is 0. The van der Waals surface area contributed by atoms with Gasteiger partial charge in [-0.25, -0.2) is 8.42 Å². The Morgan fingerprint density at radius 3 is 1.39 bits per heavy atom. The predicted octanol–water partition coefficient (Wildman–Crippen LogP) is 1.45. The number of halogens is 7. The van der Waals surface area contributed by atoms with Crippen molar-refractivity contribution in [2.24, 2.45) is 0 Å². The number of hydrogen-bond acceptors (Lipinski definition) is 3. The summed E-state index contributed by atoms with van der Waals surface area (Å²) in [6.45, 7) is 0. The van der Waals surface area contributed by atoms with E-state index in [-0.39, 0.29) is 55.2 Å². The molecule has 12 heteroatoms. The Morgan fingerprint density at radius 1 is 0.696 bits per heavy atom. The molecule has 0 aromatic carbocycles. The van der Waals surface area contributed by atoms with Gasteiger partial charge in [0.15, 0.2) is 10.1 Å². The summed E-state index contributed by atoms with van der Waals surface area (Å²) < 4.78 is 117. The normalized spacial score (nSPS) is 13.7. The first-order chi connectivity index (χ1) is 9.71. The van der Waals surface area contributed by atoms with Crippen LogP contribution in [0.1, 0.15) is 51.4 Å². The second kappa shape index (κ2) is 9.79. The smallest absolute Gasteiger partial charge is 0.743 e. The van der Waals surface area contributed by atoms with Crippen LogP contribution in [0.15, 0.2) is 0 Å². The minimum atomic E-state index is -6.47. The molecule has 0 fully saturated rings. The minimum absolute atomic E-state index is 0. The number of rotatable bonds is 10. The Hall–Kier alpha value is 0.420. The average molecular weight is 384 g/mol. The van der Waals surface area contributed by atoms with Crippen LogP contribution in [0.5, 0.6) is 0 Å². The summed E-state index contributed by atoms with van der Waals surface area (Å²) in [7, 11) is -6.47. The van der Waals surface area contributed by atoms with E-state index in [1.165, 1.54) is 0 Å². The van der Waals surface area contributed by atoms with Crippen molar-refractivity contribution in [3.05, 3.63) is 0 Å². The van der Waals surface area contributed by atoms with Gasteiger partial charge in [-0.3, -0.25) is 0 Å². The molecule has 3 nitrogen and oxygen atoms in total. The summed E-state index contributed by atoms with van der Waals surface area (Å²) >= 11 is 0. The van der Waals surface area contributed by atoms with E-state index in [4.69, 9.17) is 0 Å². The van der Waals surface area contributed by atoms with Gasteiger partial charge in [-0.15, -0.1) is 0 Å². The molecule has 0 bridgehead atoms. The Bertz CT molecular complexity index is 437. The third kappa shape index (κ3) is 9.47. The molecular formula is C11H16F7NaO3S. The van der Waals surface area contributed by atoms with E-state index >= 15 is 0 Å². The van der Waals surface area contributed by atoms with Gasteiger partial charge in [0.05, 0.1) is 0 Å². The summed E-state index contributed by atoms with van der Waals surface area (Å²) in [6, 6.07) is 0. The van der Waals surface area contributed by atoms with Crippen molar-refractivity contribution < 1.29 is 73.3 Å². The first kappa shape index (κ1) is 25.7. The zero-order valence-corrected chi connectivity index (χ0v) is 15.3. The van der Waals surface area contributed by atoms with E-state index < -0.39 is 46.7 Å². The van der Waals surface area contributed by atoms with E-state index in [1.807, 2.05) is 0 Å². The van der Waals surface area contributed by atoms with E-state index in [1.54, 1.807) is 0 Å². The summed E-state index contributed by atoms with van der Waals surface area (Å²) in [4.78, 5) is 0. The van der Waals surface area contributed by atoms with E-state index in [0.29, 0.717) is 6.42 Å². The van der Waals surface area contributed by atoms with Crippen LogP contribution in [0, 0.1) is 0 Å². The molecule has 0 aromatic rings. The van der Waals surface area contributed by atoms with Crippen molar-refractivity contribution in [1.82, 2.24) is 0 Å². The van der Waals surface area contributed by atoms with E-state index in [0.717, 1.165) is 0 Å². The molecule has 0 rings (SSSR count). The minimum Gasteiger partial charge on any atom is -0.743 e. The van der Waals surface area contributed by atoms with Gasteiger partial charge in [0, 0.05) is 12.8 Å². The maximum Gasteiger partial charge on any atom is 1.00 e. The molecule has 0 aliphatic rings. The van der Waals surface area contributed by atoms with Crippen LogP contribution in [0.25, 0.3) is 0 Å². The first-order valence-corrected chi connectivity index (χ1v) is 7.89. The monoisotopic (exact) mass is 384 g/mol. The van der Waals surface area contributed by atoms with Crippen molar-refractivity contribution in [1.29, 1.82) is 0 Å². The Kier molecular flexibility index (Phi) is 10.9. The Labute approximate surface area is 152 Å². The third-order valence-electron chi connectivity index (χ3n) is 2.94. The molecule has 134 valence electrons. The van der Waals surface area contributed by atoms with Crippen LogP contribution in [0.3, 0.4) is 0 Å². The van der Waals surface area contributed by atoms with Gasteiger partial charge < -0.3 is 4.55 Å². The third-order valence-corrected chi connectivity index (χ3v) is 3.87. The maximum absolute atomic E-state index is 13.0. The van der Waals surface area contributed by atoms with Gasteiger partial charge in [0.25, 0.3) is 0 Å². The van der Waals surface area contributed by atoms with Crippen molar-refractivity contribution in [3.8, 4) is 0 Å². The molecule has 23 heavy (non-hydrogen) atoms. The average Bonchev–Trinajstić information content (AvgIpc) is 2.29. The van der Waals surface area contributed by atoms with Crippen LogP contribution >= 0.6 is 0 Å². The van der Waals surface area contributed by atoms with Gasteiger partial charge in [-0.2, -0.15) is 30.7 Å². The predicted molar refractivity (Wildman–Crippen MR) is 62.6 cm³/mol. The second-order valence-electron chi connectivity index (χ2n) is 4.91. The molecule has 0 aliphatic carbocycles. The molecule has 0 unspecified atom stereocenters. The molecule has 0 aliphatic heterocycles. The fourth-order valence-corrected chi connectivity index (χ4v) is 2.18. The SMILES string of the molecule is O=S(=O)([O-])C(F)(F)C(F)(F)CCCCCCCCC(F)(F)F.[Na+]. The molecule has 0 atom stereocenters. The van der Waals surface area contributed by atoms with Gasteiger partial charge in [0.1, 0.15) is 0 Å². The zero-order valence-electron chi connectivity index (χ0n) is 12.4. The van der Waals surface area contributed by atoms with Gasteiger partial charge >= 0.3 is 46.9 Å². The quantitative estimate of drug-likeness (QED) is 0.248. The number of alkyl halides is 7. The summed E-state index contributed by atoms with van der Waals surface area (Å²) in [5, 5.41) is -5.67. The number of hydrogen-bond donors (Lipinski definition) is 0. The number of unbranched alkanes of at least 4 members (excludes halogenated alkanes) is 5.